The Hall–Kier alpha value is -1.74. The number of anilines is 1. The largest absolute Gasteiger partial charge is 0.486 e. The van der Waals surface area contributed by atoms with Gasteiger partial charge in [-0.05, 0) is 24.3 Å². The summed E-state index contributed by atoms with van der Waals surface area (Å²) in [5.41, 5.74) is 1.87. The Balaban J connectivity index is 2.05. The number of aromatic nitrogens is 1. The maximum atomic E-state index is 5.99. The summed E-state index contributed by atoms with van der Waals surface area (Å²) in [6.45, 7) is 0.402. The molecule has 3 nitrogen and oxygen atoms in total. The average Bonchev–Trinajstić information content (AvgIpc) is 2.38. The van der Waals surface area contributed by atoms with Crippen LogP contribution in [0.25, 0.3) is 0 Å². The third-order valence-corrected chi connectivity index (χ3v) is 2.63. The van der Waals surface area contributed by atoms with Crippen LogP contribution in [0.3, 0.4) is 0 Å². The van der Waals surface area contributed by atoms with E-state index in [0.29, 0.717) is 17.4 Å². The van der Waals surface area contributed by atoms with E-state index in [9.17, 15) is 0 Å². The fourth-order valence-corrected chi connectivity index (χ4v) is 1.62. The van der Waals surface area contributed by atoms with Gasteiger partial charge in [0.25, 0.3) is 0 Å². The highest BCUT2D eigenvalue weighted by molar-refractivity contribution is 6.32. The Morgan fingerprint density at radius 1 is 1.29 bits per heavy atom. The van der Waals surface area contributed by atoms with E-state index >= 15 is 0 Å². The number of hydrogen-bond donors (Lipinski definition) is 1. The van der Waals surface area contributed by atoms with Crippen LogP contribution in [-0.2, 0) is 6.61 Å². The molecular weight excluding hydrogens is 236 g/mol. The Labute approximate surface area is 105 Å². The second-order valence-corrected chi connectivity index (χ2v) is 3.91. The summed E-state index contributed by atoms with van der Waals surface area (Å²) in [7, 11) is 1.87. The molecule has 17 heavy (non-hydrogen) atoms. The number of halogens is 1. The molecule has 0 aliphatic rings. The summed E-state index contributed by atoms with van der Waals surface area (Å²) in [6, 6.07) is 11.2. The van der Waals surface area contributed by atoms with Gasteiger partial charge in [-0.1, -0.05) is 23.7 Å². The normalized spacial score (nSPS) is 10.0. The Kier molecular flexibility index (Phi) is 3.83. The van der Waals surface area contributed by atoms with E-state index in [-0.39, 0.29) is 0 Å². The molecule has 0 radical (unpaired) electrons. The molecule has 0 atom stereocenters. The molecule has 1 aromatic heterocycles. The minimum absolute atomic E-state index is 0.402. The van der Waals surface area contributed by atoms with E-state index in [4.69, 9.17) is 16.3 Å². The van der Waals surface area contributed by atoms with E-state index in [1.165, 1.54) is 0 Å². The average molecular weight is 249 g/mol. The molecule has 1 heterocycles. The van der Waals surface area contributed by atoms with Gasteiger partial charge >= 0.3 is 0 Å². The van der Waals surface area contributed by atoms with Crippen LogP contribution in [0, 0.1) is 0 Å². The summed E-state index contributed by atoms with van der Waals surface area (Å²) in [5, 5.41) is 3.66. The molecule has 0 amide bonds. The van der Waals surface area contributed by atoms with Crippen molar-refractivity contribution in [3.63, 3.8) is 0 Å². The second-order valence-electron chi connectivity index (χ2n) is 3.50. The van der Waals surface area contributed by atoms with Gasteiger partial charge in [0, 0.05) is 18.9 Å². The lowest BCUT2D eigenvalue weighted by molar-refractivity contribution is 0.301. The van der Waals surface area contributed by atoms with Gasteiger partial charge in [-0.25, -0.2) is 0 Å². The molecule has 0 unspecified atom stereocenters. The summed E-state index contributed by atoms with van der Waals surface area (Å²) >= 11 is 5.99. The van der Waals surface area contributed by atoms with Gasteiger partial charge in [0.2, 0.25) is 0 Å². The number of rotatable bonds is 4. The van der Waals surface area contributed by atoms with Crippen molar-refractivity contribution in [3.05, 3.63) is 53.3 Å². The molecule has 0 fully saturated rings. The highest BCUT2D eigenvalue weighted by atomic mass is 35.5. The molecule has 1 N–H and O–H groups in total. The topological polar surface area (TPSA) is 34.2 Å². The van der Waals surface area contributed by atoms with Crippen molar-refractivity contribution in [2.45, 2.75) is 6.61 Å². The highest BCUT2D eigenvalue weighted by Gasteiger charge is 2.01. The number of ether oxygens (including phenoxy) is 1. The van der Waals surface area contributed by atoms with Gasteiger partial charge in [-0.3, -0.25) is 4.98 Å². The first-order valence-corrected chi connectivity index (χ1v) is 5.67. The van der Waals surface area contributed by atoms with Crippen molar-refractivity contribution in [1.29, 1.82) is 0 Å². The lowest BCUT2D eigenvalue weighted by Crippen LogP contribution is -1.99. The molecule has 4 heteroatoms. The number of pyridine rings is 1. The Morgan fingerprint density at radius 2 is 2.12 bits per heavy atom. The Bertz CT molecular complexity index is 502. The maximum absolute atomic E-state index is 5.99. The van der Waals surface area contributed by atoms with E-state index in [1.54, 1.807) is 12.3 Å². The zero-order valence-corrected chi connectivity index (χ0v) is 10.2. The molecule has 88 valence electrons. The quantitative estimate of drug-likeness (QED) is 0.901. The molecule has 0 bridgehead atoms. The van der Waals surface area contributed by atoms with E-state index in [0.717, 1.165) is 11.4 Å². The monoisotopic (exact) mass is 248 g/mol. The van der Waals surface area contributed by atoms with Gasteiger partial charge in [0.1, 0.15) is 12.4 Å². The number of nitrogens with zero attached hydrogens (tertiary/aromatic N) is 1. The zero-order chi connectivity index (χ0) is 12.1. The van der Waals surface area contributed by atoms with Crippen molar-refractivity contribution in [2.75, 3.05) is 12.4 Å². The summed E-state index contributed by atoms with van der Waals surface area (Å²) in [6.07, 6.45) is 1.75. The van der Waals surface area contributed by atoms with Gasteiger partial charge in [0.05, 0.1) is 10.7 Å². The van der Waals surface area contributed by atoms with Crippen LogP contribution in [0.15, 0.2) is 42.6 Å². The van der Waals surface area contributed by atoms with Crippen LogP contribution in [0.4, 0.5) is 5.69 Å². The molecule has 2 aromatic rings. The summed E-state index contributed by atoms with van der Waals surface area (Å²) in [5.74, 6) is 0.672. The van der Waals surface area contributed by atoms with Crippen LogP contribution < -0.4 is 10.1 Å². The van der Waals surface area contributed by atoms with Crippen molar-refractivity contribution in [1.82, 2.24) is 4.98 Å². The highest BCUT2D eigenvalue weighted by Crippen LogP contribution is 2.24. The van der Waals surface area contributed by atoms with E-state index < -0.39 is 0 Å². The van der Waals surface area contributed by atoms with Gasteiger partial charge in [0.15, 0.2) is 0 Å². The van der Waals surface area contributed by atoms with E-state index in [2.05, 4.69) is 10.3 Å². The van der Waals surface area contributed by atoms with Gasteiger partial charge in [-0.2, -0.15) is 0 Å². The third kappa shape index (κ3) is 3.11. The zero-order valence-electron chi connectivity index (χ0n) is 9.48. The van der Waals surface area contributed by atoms with Crippen LogP contribution in [0.1, 0.15) is 5.69 Å². The second kappa shape index (κ2) is 5.55. The molecule has 0 spiro atoms. The minimum atomic E-state index is 0.402. The molecular formula is C13H13ClN2O. The van der Waals surface area contributed by atoms with Crippen LogP contribution in [0.2, 0.25) is 5.02 Å². The number of benzene rings is 1. The molecule has 2 rings (SSSR count). The molecule has 0 saturated carbocycles. The first-order valence-electron chi connectivity index (χ1n) is 5.29. The summed E-state index contributed by atoms with van der Waals surface area (Å²) in [4.78, 5) is 4.22. The van der Waals surface area contributed by atoms with Gasteiger partial charge in [-0.15, -0.1) is 0 Å². The lowest BCUT2D eigenvalue weighted by Gasteiger charge is -2.08. The minimum Gasteiger partial charge on any atom is -0.486 e. The van der Waals surface area contributed by atoms with Crippen molar-refractivity contribution >= 4 is 17.3 Å². The third-order valence-electron chi connectivity index (χ3n) is 2.32. The molecule has 0 aliphatic carbocycles. The van der Waals surface area contributed by atoms with E-state index in [1.807, 2.05) is 37.4 Å². The fourth-order valence-electron chi connectivity index (χ4n) is 1.43. The predicted octanol–water partition coefficient (Wildman–Crippen LogP) is 3.36. The smallest absolute Gasteiger partial charge is 0.138 e. The van der Waals surface area contributed by atoms with Crippen LogP contribution in [-0.4, -0.2) is 12.0 Å². The number of hydrogen-bond acceptors (Lipinski definition) is 3. The Morgan fingerprint density at radius 3 is 2.88 bits per heavy atom. The maximum Gasteiger partial charge on any atom is 0.138 e. The number of nitrogens with one attached hydrogen (secondary N) is 1. The molecule has 0 aliphatic heterocycles. The van der Waals surface area contributed by atoms with Crippen molar-refractivity contribution in [3.8, 4) is 5.75 Å². The fraction of sp³-hybridized carbons (Fsp3) is 0.154. The number of para-hydroxylation sites is 1. The standard InChI is InChI=1S/C13H13ClN2O/c1-15-10-6-7-16-11(8-10)9-17-13-5-3-2-4-12(13)14/h2-8H,9H2,1H3,(H,15,16). The lowest BCUT2D eigenvalue weighted by atomic mass is 10.3. The van der Waals surface area contributed by atoms with Crippen molar-refractivity contribution in [2.24, 2.45) is 0 Å². The van der Waals surface area contributed by atoms with Gasteiger partial charge < -0.3 is 10.1 Å². The van der Waals surface area contributed by atoms with Crippen LogP contribution in [0.5, 0.6) is 5.75 Å². The molecule has 0 saturated heterocycles. The first-order chi connectivity index (χ1) is 8.29. The van der Waals surface area contributed by atoms with Crippen LogP contribution >= 0.6 is 11.6 Å². The molecule has 1 aromatic carbocycles. The predicted molar refractivity (Wildman–Crippen MR) is 69.6 cm³/mol. The summed E-state index contributed by atoms with van der Waals surface area (Å²) < 4.78 is 5.60. The van der Waals surface area contributed by atoms with Crippen molar-refractivity contribution < 1.29 is 4.74 Å². The SMILES string of the molecule is CNc1ccnc(COc2ccccc2Cl)c1. The first kappa shape index (κ1) is 11.7.